The lowest BCUT2D eigenvalue weighted by Crippen LogP contribution is -2.12. The van der Waals surface area contributed by atoms with E-state index in [2.05, 4.69) is 0 Å². The molecule has 0 aliphatic carbocycles. The van der Waals surface area contributed by atoms with Crippen molar-refractivity contribution in [3.05, 3.63) is 35.9 Å². The summed E-state index contributed by atoms with van der Waals surface area (Å²) in [6.07, 6.45) is 0. The fourth-order valence-corrected chi connectivity index (χ4v) is 1.17. The third-order valence-corrected chi connectivity index (χ3v) is 1.82. The van der Waals surface area contributed by atoms with Crippen LogP contribution in [0.15, 0.2) is 30.3 Å². The second-order valence-corrected chi connectivity index (χ2v) is 2.83. The Morgan fingerprint density at radius 1 is 1.15 bits per heavy atom. The summed E-state index contributed by atoms with van der Waals surface area (Å²) in [6.45, 7) is 1.31. The van der Waals surface area contributed by atoms with Gasteiger partial charge in [0.1, 0.15) is 0 Å². The summed E-state index contributed by atoms with van der Waals surface area (Å²) in [5.41, 5.74) is 1.13. The minimum absolute atomic E-state index is 0.472. The largest absolute Gasteiger partial charge is 0.328 e. The van der Waals surface area contributed by atoms with Crippen LogP contribution in [0.4, 0.5) is 0 Å². The summed E-state index contributed by atoms with van der Waals surface area (Å²) >= 11 is 0. The maximum absolute atomic E-state index is 5.34. The molecule has 0 amide bonds. The fraction of sp³-hybridized carbons (Fsp3) is 0.400. The van der Waals surface area contributed by atoms with Crippen LogP contribution < -0.4 is 0 Å². The van der Waals surface area contributed by atoms with Crippen molar-refractivity contribution in [3.63, 3.8) is 0 Å². The Morgan fingerprint density at radius 3 is 2.54 bits per heavy atom. The van der Waals surface area contributed by atoms with Crippen molar-refractivity contribution in [3.8, 4) is 0 Å². The van der Waals surface area contributed by atoms with Crippen LogP contribution in [-0.4, -0.2) is 19.7 Å². The fourth-order valence-electron chi connectivity index (χ4n) is 1.17. The molecule has 0 unspecified atom stereocenters. The summed E-state index contributed by atoms with van der Waals surface area (Å²) < 4.78 is 15.6. The summed E-state index contributed by atoms with van der Waals surface area (Å²) in [4.78, 5) is 0. The van der Waals surface area contributed by atoms with Gasteiger partial charge in [0.25, 0.3) is 6.48 Å². The SMILES string of the molecule is c1ccc(COC2OCCO2)cc1. The minimum atomic E-state index is -0.472. The quantitative estimate of drug-likeness (QED) is 0.706. The van der Waals surface area contributed by atoms with Gasteiger partial charge in [-0.1, -0.05) is 30.3 Å². The Kier molecular flexibility index (Phi) is 2.92. The molecule has 0 radical (unpaired) electrons. The monoisotopic (exact) mass is 180 g/mol. The van der Waals surface area contributed by atoms with Crippen molar-refractivity contribution in [2.75, 3.05) is 13.2 Å². The zero-order valence-corrected chi connectivity index (χ0v) is 7.31. The number of benzene rings is 1. The molecular formula is C10H12O3. The van der Waals surface area contributed by atoms with E-state index in [0.29, 0.717) is 19.8 Å². The van der Waals surface area contributed by atoms with Crippen molar-refractivity contribution in [2.45, 2.75) is 13.1 Å². The lowest BCUT2D eigenvalue weighted by atomic mass is 10.2. The molecule has 2 rings (SSSR count). The van der Waals surface area contributed by atoms with Crippen LogP contribution in [0.25, 0.3) is 0 Å². The van der Waals surface area contributed by atoms with Crippen molar-refractivity contribution in [2.24, 2.45) is 0 Å². The van der Waals surface area contributed by atoms with E-state index in [4.69, 9.17) is 14.2 Å². The van der Waals surface area contributed by atoms with Crippen molar-refractivity contribution >= 4 is 0 Å². The lowest BCUT2D eigenvalue weighted by molar-refractivity contribution is -0.235. The second kappa shape index (κ2) is 4.37. The first-order valence-corrected chi connectivity index (χ1v) is 4.34. The van der Waals surface area contributed by atoms with Crippen LogP contribution in [0, 0.1) is 0 Å². The van der Waals surface area contributed by atoms with Crippen LogP contribution in [0.3, 0.4) is 0 Å². The first-order valence-electron chi connectivity index (χ1n) is 4.34. The van der Waals surface area contributed by atoms with E-state index in [1.807, 2.05) is 30.3 Å². The Balaban J connectivity index is 1.79. The average molecular weight is 180 g/mol. The maximum Gasteiger partial charge on any atom is 0.272 e. The molecule has 0 N–H and O–H groups in total. The predicted octanol–water partition coefficient (Wildman–Crippen LogP) is 1.53. The van der Waals surface area contributed by atoms with E-state index in [0.717, 1.165) is 5.56 Å². The molecule has 0 spiro atoms. The molecule has 1 aromatic rings. The molecule has 1 saturated heterocycles. The van der Waals surface area contributed by atoms with Crippen molar-refractivity contribution in [1.29, 1.82) is 0 Å². The van der Waals surface area contributed by atoms with E-state index < -0.39 is 6.48 Å². The van der Waals surface area contributed by atoms with Crippen molar-refractivity contribution < 1.29 is 14.2 Å². The summed E-state index contributed by atoms with van der Waals surface area (Å²) in [6, 6.07) is 9.96. The molecule has 0 bridgehead atoms. The highest BCUT2D eigenvalue weighted by molar-refractivity contribution is 5.13. The molecule has 13 heavy (non-hydrogen) atoms. The standard InChI is InChI=1S/C10H12O3/c1-2-4-9(5-3-1)8-13-10-11-6-7-12-10/h1-5,10H,6-8H2. The molecule has 0 aromatic heterocycles. The predicted molar refractivity (Wildman–Crippen MR) is 46.9 cm³/mol. The van der Waals surface area contributed by atoms with Gasteiger partial charge in [0, 0.05) is 0 Å². The van der Waals surface area contributed by atoms with Crippen LogP contribution in [-0.2, 0) is 20.8 Å². The Morgan fingerprint density at radius 2 is 1.85 bits per heavy atom. The molecule has 70 valence electrons. The van der Waals surface area contributed by atoms with Gasteiger partial charge in [0.05, 0.1) is 19.8 Å². The molecule has 1 fully saturated rings. The highest BCUT2D eigenvalue weighted by atomic mass is 16.9. The number of ether oxygens (including phenoxy) is 3. The topological polar surface area (TPSA) is 27.7 Å². The first kappa shape index (κ1) is 8.69. The Bertz CT molecular complexity index is 242. The summed E-state index contributed by atoms with van der Waals surface area (Å²) in [7, 11) is 0. The van der Waals surface area contributed by atoms with E-state index >= 15 is 0 Å². The average Bonchev–Trinajstić information content (AvgIpc) is 2.69. The third-order valence-electron chi connectivity index (χ3n) is 1.82. The van der Waals surface area contributed by atoms with Gasteiger partial charge < -0.3 is 14.2 Å². The van der Waals surface area contributed by atoms with Gasteiger partial charge >= 0.3 is 0 Å². The van der Waals surface area contributed by atoms with E-state index in [-0.39, 0.29) is 0 Å². The van der Waals surface area contributed by atoms with Gasteiger partial charge in [0.15, 0.2) is 0 Å². The molecule has 3 heteroatoms. The Hall–Kier alpha value is -0.900. The van der Waals surface area contributed by atoms with E-state index in [9.17, 15) is 0 Å². The van der Waals surface area contributed by atoms with Gasteiger partial charge in [-0.25, -0.2) is 0 Å². The molecular weight excluding hydrogens is 168 g/mol. The molecule has 0 saturated carbocycles. The number of hydrogen-bond donors (Lipinski definition) is 0. The third kappa shape index (κ3) is 2.52. The number of rotatable bonds is 3. The second-order valence-electron chi connectivity index (χ2n) is 2.83. The van der Waals surface area contributed by atoms with Crippen LogP contribution in [0.2, 0.25) is 0 Å². The molecule has 1 heterocycles. The maximum atomic E-state index is 5.34. The summed E-state index contributed by atoms with van der Waals surface area (Å²) in [5, 5.41) is 0. The van der Waals surface area contributed by atoms with Gasteiger partial charge in [-0.15, -0.1) is 0 Å². The first-order chi connectivity index (χ1) is 6.45. The van der Waals surface area contributed by atoms with E-state index in [1.54, 1.807) is 0 Å². The lowest BCUT2D eigenvalue weighted by Gasteiger charge is -2.09. The zero-order chi connectivity index (χ0) is 8.93. The van der Waals surface area contributed by atoms with Crippen LogP contribution in [0.1, 0.15) is 5.56 Å². The molecule has 1 aliphatic rings. The normalized spacial score (nSPS) is 17.8. The molecule has 3 nitrogen and oxygen atoms in total. The summed E-state index contributed by atoms with van der Waals surface area (Å²) in [5.74, 6) is 0. The molecule has 1 aromatic carbocycles. The van der Waals surface area contributed by atoms with Gasteiger partial charge in [-0.2, -0.15) is 0 Å². The highest BCUT2D eigenvalue weighted by Gasteiger charge is 2.15. The Labute approximate surface area is 77.2 Å². The van der Waals surface area contributed by atoms with Crippen LogP contribution in [0.5, 0.6) is 0 Å². The zero-order valence-electron chi connectivity index (χ0n) is 7.31. The highest BCUT2D eigenvalue weighted by Crippen LogP contribution is 2.08. The number of hydrogen-bond acceptors (Lipinski definition) is 3. The minimum Gasteiger partial charge on any atom is -0.328 e. The molecule has 0 atom stereocenters. The molecule has 1 aliphatic heterocycles. The van der Waals surface area contributed by atoms with E-state index in [1.165, 1.54) is 0 Å². The van der Waals surface area contributed by atoms with Crippen LogP contribution >= 0.6 is 0 Å². The van der Waals surface area contributed by atoms with Crippen molar-refractivity contribution in [1.82, 2.24) is 0 Å². The van der Waals surface area contributed by atoms with Gasteiger partial charge in [-0.05, 0) is 5.56 Å². The van der Waals surface area contributed by atoms with Gasteiger partial charge in [0.2, 0.25) is 0 Å². The van der Waals surface area contributed by atoms with Gasteiger partial charge in [-0.3, -0.25) is 0 Å². The smallest absolute Gasteiger partial charge is 0.272 e.